The molecular weight excluding hydrogens is 236 g/mol. The summed E-state index contributed by atoms with van der Waals surface area (Å²) in [4.78, 5) is 4.90. The van der Waals surface area contributed by atoms with Crippen LogP contribution in [0.3, 0.4) is 0 Å². The van der Waals surface area contributed by atoms with Gasteiger partial charge in [-0.25, -0.2) is 0 Å². The Morgan fingerprint density at radius 3 is 2.74 bits per heavy atom. The van der Waals surface area contributed by atoms with Gasteiger partial charge in [0.25, 0.3) is 0 Å². The van der Waals surface area contributed by atoms with E-state index in [1.807, 2.05) is 0 Å². The zero-order valence-corrected chi connectivity index (χ0v) is 12.9. The standard InChI is InChI=1S/C16H28N2O/c1-13-11-16(19-14(13)2)12-18-9-6-5-7-15(18)8-10-17(3)4/h11,15H,5-10,12H2,1-4H3/t15-/m1/s1. The molecule has 1 aliphatic heterocycles. The summed E-state index contributed by atoms with van der Waals surface area (Å²) in [6.45, 7) is 7.56. The van der Waals surface area contributed by atoms with Crippen LogP contribution in [0.5, 0.6) is 0 Å². The highest BCUT2D eigenvalue weighted by atomic mass is 16.3. The zero-order valence-electron chi connectivity index (χ0n) is 12.9. The van der Waals surface area contributed by atoms with Gasteiger partial charge in [-0.05, 0) is 71.9 Å². The van der Waals surface area contributed by atoms with Gasteiger partial charge in [-0.15, -0.1) is 0 Å². The number of piperidine rings is 1. The van der Waals surface area contributed by atoms with Crippen LogP contribution in [0.1, 0.15) is 42.8 Å². The molecule has 0 bridgehead atoms. The van der Waals surface area contributed by atoms with E-state index in [0.29, 0.717) is 0 Å². The Morgan fingerprint density at radius 2 is 2.11 bits per heavy atom. The first kappa shape index (κ1) is 14.6. The molecule has 0 spiro atoms. The quantitative estimate of drug-likeness (QED) is 0.814. The van der Waals surface area contributed by atoms with Gasteiger partial charge in [0, 0.05) is 6.04 Å². The smallest absolute Gasteiger partial charge is 0.118 e. The van der Waals surface area contributed by atoms with E-state index in [1.165, 1.54) is 44.3 Å². The van der Waals surface area contributed by atoms with Crippen LogP contribution in [-0.4, -0.2) is 43.0 Å². The topological polar surface area (TPSA) is 19.6 Å². The summed E-state index contributed by atoms with van der Waals surface area (Å²) in [5, 5.41) is 0. The summed E-state index contributed by atoms with van der Waals surface area (Å²) in [6, 6.07) is 2.93. The van der Waals surface area contributed by atoms with Crippen molar-refractivity contribution in [2.45, 2.75) is 52.1 Å². The number of furan rings is 1. The molecule has 3 nitrogen and oxygen atoms in total. The van der Waals surface area contributed by atoms with Gasteiger partial charge >= 0.3 is 0 Å². The Balaban J connectivity index is 1.95. The van der Waals surface area contributed by atoms with Crippen molar-refractivity contribution in [1.29, 1.82) is 0 Å². The minimum Gasteiger partial charge on any atom is -0.465 e. The number of rotatable bonds is 5. The molecule has 1 fully saturated rings. The average Bonchev–Trinajstić information content (AvgIpc) is 2.67. The summed E-state index contributed by atoms with van der Waals surface area (Å²) in [7, 11) is 4.32. The minimum atomic E-state index is 0.724. The van der Waals surface area contributed by atoms with Gasteiger partial charge in [-0.1, -0.05) is 6.42 Å². The highest BCUT2D eigenvalue weighted by Crippen LogP contribution is 2.23. The number of hydrogen-bond donors (Lipinski definition) is 0. The fraction of sp³-hybridized carbons (Fsp3) is 0.750. The molecule has 2 heterocycles. The molecule has 0 aromatic carbocycles. The molecule has 0 unspecified atom stereocenters. The van der Waals surface area contributed by atoms with Crippen molar-refractivity contribution in [3.8, 4) is 0 Å². The van der Waals surface area contributed by atoms with E-state index < -0.39 is 0 Å². The lowest BCUT2D eigenvalue weighted by Gasteiger charge is -2.35. The summed E-state index contributed by atoms with van der Waals surface area (Å²) in [5.74, 6) is 2.20. The highest BCUT2D eigenvalue weighted by molar-refractivity contribution is 5.18. The number of aryl methyl sites for hydroxylation is 2. The Morgan fingerprint density at radius 1 is 1.32 bits per heavy atom. The molecule has 0 N–H and O–H groups in total. The van der Waals surface area contributed by atoms with E-state index in [9.17, 15) is 0 Å². The lowest BCUT2D eigenvalue weighted by Crippen LogP contribution is -2.40. The molecule has 19 heavy (non-hydrogen) atoms. The van der Waals surface area contributed by atoms with Crippen molar-refractivity contribution >= 4 is 0 Å². The van der Waals surface area contributed by atoms with Crippen molar-refractivity contribution in [2.24, 2.45) is 0 Å². The SMILES string of the molecule is Cc1cc(CN2CCCC[C@@H]2CCN(C)C)oc1C. The molecule has 3 heteroatoms. The molecule has 1 aromatic heterocycles. The van der Waals surface area contributed by atoms with Gasteiger partial charge in [0.1, 0.15) is 11.5 Å². The third kappa shape index (κ3) is 4.08. The Hall–Kier alpha value is -0.800. The van der Waals surface area contributed by atoms with Gasteiger partial charge in [0.05, 0.1) is 6.54 Å². The lowest BCUT2D eigenvalue weighted by molar-refractivity contribution is 0.115. The van der Waals surface area contributed by atoms with Crippen LogP contribution < -0.4 is 0 Å². The third-order valence-corrected chi connectivity index (χ3v) is 4.23. The van der Waals surface area contributed by atoms with Gasteiger partial charge in [-0.2, -0.15) is 0 Å². The Bertz CT molecular complexity index is 378. The first-order valence-corrected chi connectivity index (χ1v) is 7.51. The predicted molar refractivity (Wildman–Crippen MR) is 79.4 cm³/mol. The molecule has 108 valence electrons. The van der Waals surface area contributed by atoms with Crippen LogP contribution in [0.25, 0.3) is 0 Å². The molecule has 1 aromatic rings. The molecule has 1 atom stereocenters. The second-order valence-corrected chi connectivity index (χ2v) is 6.16. The summed E-state index contributed by atoms with van der Waals surface area (Å²) in [6.07, 6.45) is 5.32. The maximum absolute atomic E-state index is 5.84. The van der Waals surface area contributed by atoms with Crippen molar-refractivity contribution in [2.75, 3.05) is 27.2 Å². The average molecular weight is 264 g/mol. The maximum atomic E-state index is 5.84. The van der Waals surface area contributed by atoms with E-state index in [4.69, 9.17) is 4.42 Å². The number of nitrogens with zero attached hydrogens (tertiary/aromatic N) is 2. The molecule has 2 rings (SSSR count). The van der Waals surface area contributed by atoms with Gasteiger partial charge in [-0.3, -0.25) is 4.90 Å². The molecule has 1 saturated heterocycles. The van der Waals surface area contributed by atoms with E-state index in [1.54, 1.807) is 0 Å². The van der Waals surface area contributed by atoms with E-state index in [2.05, 4.69) is 43.8 Å². The molecule has 0 aliphatic carbocycles. The first-order valence-electron chi connectivity index (χ1n) is 7.51. The second-order valence-electron chi connectivity index (χ2n) is 6.16. The number of hydrogen-bond acceptors (Lipinski definition) is 3. The van der Waals surface area contributed by atoms with Crippen molar-refractivity contribution in [3.63, 3.8) is 0 Å². The van der Waals surface area contributed by atoms with E-state index >= 15 is 0 Å². The molecular formula is C16H28N2O. The van der Waals surface area contributed by atoms with Crippen molar-refractivity contribution < 1.29 is 4.42 Å². The van der Waals surface area contributed by atoms with Gasteiger partial charge in [0.2, 0.25) is 0 Å². The monoisotopic (exact) mass is 264 g/mol. The number of likely N-dealkylation sites (tertiary alicyclic amines) is 1. The fourth-order valence-electron chi connectivity index (χ4n) is 2.93. The lowest BCUT2D eigenvalue weighted by atomic mass is 9.99. The summed E-state index contributed by atoms with van der Waals surface area (Å²) >= 11 is 0. The van der Waals surface area contributed by atoms with Crippen LogP contribution in [0.4, 0.5) is 0 Å². The highest BCUT2D eigenvalue weighted by Gasteiger charge is 2.23. The molecule has 0 saturated carbocycles. The largest absolute Gasteiger partial charge is 0.465 e. The molecule has 0 amide bonds. The van der Waals surface area contributed by atoms with Crippen LogP contribution >= 0.6 is 0 Å². The van der Waals surface area contributed by atoms with Crippen molar-refractivity contribution in [1.82, 2.24) is 9.80 Å². The fourth-order valence-corrected chi connectivity index (χ4v) is 2.93. The zero-order chi connectivity index (χ0) is 13.8. The van der Waals surface area contributed by atoms with E-state index in [-0.39, 0.29) is 0 Å². The Kier molecular flexibility index (Phi) is 5.06. The van der Waals surface area contributed by atoms with Gasteiger partial charge in [0.15, 0.2) is 0 Å². The third-order valence-electron chi connectivity index (χ3n) is 4.23. The van der Waals surface area contributed by atoms with Gasteiger partial charge < -0.3 is 9.32 Å². The minimum absolute atomic E-state index is 0.724. The Labute approximate surface area is 117 Å². The first-order chi connectivity index (χ1) is 9.06. The van der Waals surface area contributed by atoms with Crippen molar-refractivity contribution in [3.05, 3.63) is 23.2 Å². The van der Waals surface area contributed by atoms with Crippen LogP contribution in [-0.2, 0) is 6.54 Å². The van der Waals surface area contributed by atoms with E-state index in [0.717, 1.165) is 24.1 Å². The normalized spacial score (nSPS) is 21.2. The summed E-state index contributed by atoms with van der Waals surface area (Å²) < 4.78 is 5.84. The predicted octanol–water partition coefficient (Wildman–Crippen LogP) is 3.20. The molecule has 0 radical (unpaired) electrons. The van der Waals surface area contributed by atoms with Crippen LogP contribution in [0.2, 0.25) is 0 Å². The maximum Gasteiger partial charge on any atom is 0.118 e. The van der Waals surface area contributed by atoms with Crippen LogP contribution in [0.15, 0.2) is 10.5 Å². The van der Waals surface area contributed by atoms with Crippen LogP contribution in [0, 0.1) is 13.8 Å². The molecule has 1 aliphatic rings. The second kappa shape index (κ2) is 6.58. The summed E-state index contributed by atoms with van der Waals surface area (Å²) in [5.41, 5.74) is 1.27.